The molecule has 0 aliphatic rings. The van der Waals surface area contributed by atoms with Crippen LogP contribution in [0.3, 0.4) is 0 Å². The van der Waals surface area contributed by atoms with Gasteiger partial charge in [0, 0.05) is 6.42 Å². The number of hydrogen-bond acceptors (Lipinski definition) is 3. The van der Waals surface area contributed by atoms with Crippen LogP contribution >= 0.6 is 0 Å². The van der Waals surface area contributed by atoms with Gasteiger partial charge < -0.3 is 15.6 Å². The number of carboxylic acid groups (broad SMARTS) is 1. The Morgan fingerprint density at radius 3 is 2.73 bits per heavy atom. The number of rotatable bonds is 9. The smallest absolute Gasteiger partial charge is 0.303 e. The summed E-state index contributed by atoms with van der Waals surface area (Å²) in [4.78, 5) is 10.5. The summed E-state index contributed by atoms with van der Waals surface area (Å²) >= 11 is 0. The third-order valence-electron chi connectivity index (χ3n) is 2.36. The van der Waals surface area contributed by atoms with Gasteiger partial charge in [-0.15, -0.1) is 0 Å². The lowest BCUT2D eigenvalue weighted by atomic mass is 9.91. The SMILES string of the molecule is CC(CCOCF)C[C@H](CN)CC(=O)O. The van der Waals surface area contributed by atoms with Crippen LogP contribution in [-0.4, -0.2) is 31.1 Å². The molecule has 0 aliphatic heterocycles. The fourth-order valence-electron chi connectivity index (χ4n) is 1.54. The summed E-state index contributed by atoms with van der Waals surface area (Å²) in [6.07, 6.45) is 1.59. The molecule has 0 rings (SSSR count). The molecular weight excluding hydrogens is 201 g/mol. The Morgan fingerprint density at radius 2 is 2.27 bits per heavy atom. The third-order valence-corrected chi connectivity index (χ3v) is 2.36. The van der Waals surface area contributed by atoms with Crippen molar-refractivity contribution in [3.8, 4) is 0 Å². The molecule has 1 unspecified atom stereocenters. The fraction of sp³-hybridized carbons (Fsp3) is 0.900. The van der Waals surface area contributed by atoms with Crippen LogP contribution in [0.5, 0.6) is 0 Å². The number of hydrogen-bond donors (Lipinski definition) is 2. The van der Waals surface area contributed by atoms with Crippen LogP contribution in [0.15, 0.2) is 0 Å². The molecule has 0 bridgehead atoms. The maximum atomic E-state index is 11.6. The summed E-state index contributed by atoms with van der Waals surface area (Å²) in [5, 5.41) is 8.61. The van der Waals surface area contributed by atoms with E-state index in [1.165, 1.54) is 0 Å². The van der Waals surface area contributed by atoms with Gasteiger partial charge in [0.2, 0.25) is 0 Å². The van der Waals surface area contributed by atoms with Crippen molar-refractivity contribution in [3.63, 3.8) is 0 Å². The summed E-state index contributed by atoms with van der Waals surface area (Å²) in [5.41, 5.74) is 5.47. The van der Waals surface area contributed by atoms with Crippen molar-refractivity contribution in [2.24, 2.45) is 17.6 Å². The predicted molar refractivity (Wildman–Crippen MR) is 55.1 cm³/mol. The molecule has 0 fully saturated rings. The van der Waals surface area contributed by atoms with E-state index in [2.05, 4.69) is 4.74 Å². The Labute approximate surface area is 89.6 Å². The van der Waals surface area contributed by atoms with Gasteiger partial charge in [-0.25, -0.2) is 4.39 Å². The molecular formula is C10H20FNO3. The maximum absolute atomic E-state index is 11.6. The molecule has 0 amide bonds. The van der Waals surface area contributed by atoms with Gasteiger partial charge in [0.25, 0.3) is 0 Å². The van der Waals surface area contributed by atoms with E-state index in [1.807, 2.05) is 6.92 Å². The molecule has 4 nitrogen and oxygen atoms in total. The molecule has 3 N–H and O–H groups in total. The largest absolute Gasteiger partial charge is 0.481 e. The molecule has 0 heterocycles. The van der Waals surface area contributed by atoms with Crippen molar-refractivity contribution in [1.82, 2.24) is 0 Å². The summed E-state index contributed by atoms with van der Waals surface area (Å²) in [6.45, 7) is 1.98. The van der Waals surface area contributed by atoms with Crippen molar-refractivity contribution >= 4 is 5.97 Å². The number of aliphatic carboxylic acids is 1. The zero-order chi connectivity index (χ0) is 11.7. The number of alkyl halides is 1. The molecule has 0 spiro atoms. The molecule has 0 radical (unpaired) electrons. The van der Waals surface area contributed by atoms with Gasteiger partial charge in [-0.1, -0.05) is 6.92 Å². The summed E-state index contributed by atoms with van der Waals surface area (Å²) in [7, 11) is 0. The van der Waals surface area contributed by atoms with E-state index in [0.717, 1.165) is 12.8 Å². The van der Waals surface area contributed by atoms with Crippen LogP contribution in [0.4, 0.5) is 4.39 Å². The van der Waals surface area contributed by atoms with Crippen molar-refractivity contribution in [3.05, 3.63) is 0 Å². The highest BCUT2D eigenvalue weighted by atomic mass is 19.1. The monoisotopic (exact) mass is 221 g/mol. The van der Waals surface area contributed by atoms with Gasteiger partial charge in [-0.2, -0.15) is 0 Å². The standard InChI is InChI=1S/C10H20FNO3/c1-8(2-3-15-7-11)4-9(6-12)5-10(13)14/h8-9H,2-7,12H2,1H3,(H,13,14)/t8?,9-/m0/s1. The van der Waals surface area contributed by atoms with E-state index < -0.39 is 12.8 Å². The Bertz CT molecular complexity index is 178. The highest BCUT2D eigenvalue weighted by Gasteiger charge is 2.15. The molecule has 0 saturated carbocycles. The molecule has 5 heteroatoms. The van der Waals surface area contributed by atoms with Crippen molar-refractivity contribution in [2.75, 3.05) is 20.0 Å². The Morgan fingerprint density at radius 1 is 1.60 bits per heavy atom. The van der Waals surface area contributed by atoms with E-state index in [1.54, 1.807) is 0 Å². The number of halogens is 1. The average molecular weight is 221 g/mol. The van der Waals surface area contributed by atoms with E-state index in [4.69, 9.17) is 10.8 Å². The van der Waals surface area contributed by atoms with E-state index in [9.17, 15) is 9.18 Å². The molecule has 15 heavy (non-hydrogen) atoms. The fourth-order valence-corrected chi connectivity index (χ4v) is 1.54. The minimum absolute atomic E-state index is 0.00266. The third kappa shape index (κ3) is 8.32. The number of ether oxygens (including phenoxy) is 1. The predicted octanol–water partition coefficient (Wildman–Crippen LogP) is 1.40. The summed E-state index contributed by atoms with van der Waals surface area (Å²) < 4.78 is 16.2. The van der Waals surface area contributed by atoms with Gasteiger partial charge in [0.05, 0.1) is 6.61 Å². The second kappa shape index (κ2) is 8.61. The van der Waals surface area contributed by atoms with Crippen LogP contribution in [0, 0.1) is 11.8 Å². The van der Waals surface area contributed by atoms with E-state index in [0.29, 0.717) is 19.1 Å². The normalized spacial score (nSPS) is 14.9. The topological polar surface area (TPSA) is 72.5 Å². The van der Waals surface area contributed by atoms with Crippen LogP contribution in [0.2, 0.25) is 0 Å². The second-order valence-corrected chi connectivity index (χ2v) is 3.85. The minimum atomic E-state index is -0.822. The second-order valence-electron chi connectivity index (χ2n) is 3.85. The maximum Gasteiger partial charge on any atom is 0.303 e. The molecule has 0 aromatic rings. The van der Waals surface area contributed by atoms with Gasteiger partial charge in [0.1, 0.15) is 0 Å². The molecule has 0 aliphatic carbocycles. The van der Waals surface area contributed by atoms with Gasteiger partial charge in [-0.3, -0.25) is 4.79 Å². The summed E-state index contributed by atoms with van der Waals surface area (Å²) in [5.74, 6) is -0.509. The Kier molecular flexibility index (Phi) is 8.22. The summed E-state index contributed by atoms with van der Waals surface area (Å²) in [6, 6.07) is 0. The van der Waals surface area contributed by atoms with Gasteiger partial charge in [0.15, 0.2) is 6.86 Å². The average Bonchev–Trinajstić information content (AvgIpc) is 2.16. The lowest BCUT2D eigenvalue weighted by Crippen LogP contribution is -2.20. The lowest BCUT2D eigenvalue weighted by molar-refractivity contribution is -0.138. The van der Waals surface area contributed by atoms with Crippen molar-refractivity contribution < 1.29 is 19.0 Å². The van der Waals surface area contributed by atoms with Gasteiger partial charge in [-0.05, 0) is 31.2 Å². The van der Waals surface area contributed by atoms with Crippen LogP contribution in [0.25, 0.3) is 0 Å². The van der Waals surface area contributed by atoms with Crippen LogP contribution in [0.1, 0.15) is 26.2 Å². The Hall–Kier alpha value is -0.680. The first kappa shape index (κ1) is 14.3. The quantitative estimate of drug-likeness (QED) is 0.577. The van der Waals surface area contributed by atoms with E-state index >= 15 is 0 Å². The first-order valence-corrected chi connectivity index (χ1v) is 5.15. The van der Waals surface area contributed by atoms with Crippen molar-refractivity contribution in [1.29, 1.82) is 0 Å². The highest BCUT2D eigenvalue weighted by molar-refractivity contribution is 5.67. The zero-order valence-corrected chi connectivity index (χ0v) is 9.12. The van der Waals surface area contributed by atoms with Crippen molar-refractivity contribution in [2.45, 2.75) is 26.2 Å². The molecule has 0 aromatic heterocycles. The minimum Gasteiger partial charge on any atom is -0.481 e. The lowest BCUT2D eigenvalue weighted by Gasteiger charge is -2.17. The van der Waals surface area contributed by atoms with Crippen LogP contribution < -0.4 is 5.73 Å². The first-order chi connectivity index (χ1) is 7.10. The highest BCUT2D eigenvalue weighted by Crippen LogP contribution is 2.17. The number of carboxylic acids is 1. The van der Waals surface area contributed by atoms with E-state index in [-0.39, 0.29) is 12.3 Å². The molecule has 0 saturated heterocycles. The molecule has 2 atom stereocenters. The number of carbonyl (C=O) groups is 1. The molecule has 90 valence electrons. The molecule has 0 aromatic carbocycles. The first-order valence-electron chi connectivity index (χ1n) is 5.15. The number of nitrogens with two attached hydrogens (primary N) is 1. The zero-order valence-electron chi connectivity index (χ0n) is 9.12. The Balaban J connectivity index is 3.69. The van der Waals surface area contributed by atoms with Crippen LogP contribution in [-0.2, 0) is 9.53 Å². The van der Waals surface area contributed by atoms with Gasteiger partial charge >= 0.3 is 5.97 Å².